The molecule has 2 heterocycles. The van der Waals surface area contributed by atoms with Gasteiger partial charge in [-0.1, -0.05) is 36.4 Å². The largest absolute Gasteiger partial charge is 0.372 e. The lowest BCUT2D eigenvalue weighted by atomic mass is 10.1. The number of hydrogen-bond donors (Lipinski definition) is 1. The predicted octanol–water partition coefficient (Wildman–Crippen LogP) is 2.07. The zero-order chi connectivity index (χ0) is 16.1. The minimum Gasteiger partial charge on any atom is -0.372 e. The van der Waals surface area contributed by atoms with Gasteiger partial charge in [0, 0.05) is 24.6 Å². The van der Waals surface area contributed by atoms with E-state index in [9.17, 15) is 8.42 Å². The molecule has 2 aromatic rings. The average molecular weight is 332 g/mol. The molecule has 0 unspecified atom stereocenters. The summed E-state index contributed by atoms with van der Waals surface area (Å²) in [6.45, 7) is 0.547. The Morgan fingerprint density at radius 2 is 2.00 bits per heavy atom. The molecule has 1 aromatic carbocycles. The summed E-state index contributed by atoms with van der Waals surface area (Å²) in [6.07, 6.45) is 4.32. The van der Waals surface area contributed by atoms with Crippen LogP contribution in [0.2, 0.25) is 0 Å². The van der Waals surface area contributed by atoms with Gasteiger partial charge in [-0.3, -0.25) is 4.98 Å². The van der Waals surface area contributed by atoms with Gasteiger partial charge in [0.15, 0.2) is 0 Å². The average Bonchev–Trinajstić information content (AvgIpc) is 3.02. The van der Waals surface area contributed by atoms with E-state index in [-0.39, 0.29) is 17.9 Å². The lowest BCUT2D eigenvalue weighted by Crippen LogP contribution is -2.38. The van der Waals surface area contributed by atoms with Gasteiger partial charge >= 0.3 is 0 Å². The summed E-state index contributed by atoms with van der Waals surface area (Å²) in [7, 11) is -3.35. The number of aryl methyl sites for hydroxylation is 1. The number of nitrogens with zero attached hydrogens (tertiary/aromatic N) is 1. The van der Waals surface area contributed by atoms with Crippen LogP contribution in [0, 0.1) is 0 Å². The van der Waals surface area contributed by atoms with Gasteiger partial charge in [0.25, 0.3) is 0 Å². The zero-order valence-corrected chi connectivity index (χ0v) is 13.6. The lowest BCUT2D eigenvalue weighted by Gasteiger charge is -2.20. The Labute approximate surface area is 136 Å². The van der Waals surface area contributed by atoms with Gasteiger partial charge in [-0.2, -0.15) is 0 Å². The topological polar surface area (TPSA) is 68.3 Å². The van der Waals surface area contributed by atoms with Crippen LogP contribution in [0.15, 0.2) is 54.9 Å². The normalized spacial score (nSPS) is 21.4. The molecule has 0 spiro atoms. The molecular formula is C17H20N2O3S. The second kappa shape index (κ2) is 7.21. The third-order valence-electron chi connectivity index (χ3n) is 3.94. The van der Waals surface area contributed by atoms with Crippen molar-refractivity contribution in [3.63, 3.8) is 0 Å². The molecule has 0 amide bonds. The molecule has 1 N–H and O–H groups in total. The molecule has 1 fully saturated rings. The van der Waals surface area contributed by atoms with Crippen molar-refractivity contribution in [3.05, 3.63) is 66.0 Å². The number of rotatable bonds is 6. The maximum absolute atomic E-state index is 12.4. The van der Waals surface area contributed by atoms with Crippen LogP contribution >= 0.6 is 0 Å². The molecule has 0 aliphatic carbocycles. The summed E-state index contributed by atoms with van der Waals surface area (Å²) in [5.74, 6) is 0.0767. The Bertz CT molecular complexity index is 720. The van der Waals surface area contributed by atoms with Gasteiger partial charge in [-0.15, -0.1) is 0 Å². The highest BCUT2D eigenvalue weighted by Gasteiger charge is 2.32. The van der Waals surface area contributed by atoms with E-state index in [0.29, 0.717) is 19.4 Å². The molecule has 23 heavy (non-hydrogen) atoms. The van der Waals surface area contributed by atoms with Gasteiger partial charge in [0.2, 0.25) is 10.0 Å². The predicted molar refractivity (Wildman–Crippen MR) is 88.4 cm³/mol. The highest BCUT2D eigenvalue weighted by atomic mass is 32.2. The standard InChI is InChI=1S/C17H20N2O3S/c20-23(21,12-9-14-5-2-1-3-6-14)19-16-8-11-22-17(16)15-7-4-10-18-13-15/h1-7,10,13,16-17,19H,8-9,11-12H2/t16-,17+/m0/s1. The molecule has 0 saturated carbocycles. The SMILES string of the molecule is O=S(=O)(CCc1ccccc1)N[C@H]1CCO[C@@H]1c1cccnc1. The van der Waals surface area contributed by atoms with E-state index in [0.717, 1.165) is 11.1 Å². The zero-order valence-electron chi connectivity index (χ0n) is 12.8. The molecule has 122 valence electrons. The molecule has 6 heteroatoms. The summed E-state index contributed by atoms with van der Waals surface area (Å²) >= 11 is 0. The number of nitrogens with one attached hydrogen (secondary N) is 1. The van der Waals surface area contributed by atoms with Crippen molar-refractivity contribution in [1.82, 2.24) is 9.71 Å². The number of hydrogen-bond acceptors (Lipinski definition) is 4. The summed E-state index contributed by atoms with van der Waals surface area (Å²) in [5.41, 5.74) is 1.92. The fourth-order valence-electron chi connectivity index (χ4n) is 2.77. The Hall–Kier alpha value is -1.76. The van der Waals surface area contributed by atoms with Gasteiger partial charge in [-0.05, 0) is 24.5 Å². The molecule has 1 saturated heterocycles. The molecule has 0 radical (unpaired) electrons. The molecule has 0 bridgehead atoms. The molecular weight excluding hydrogens is 312 g/mol. The van der Waals surface area contributed by atoms with Crippen molar-refractivity contribution >= 4 is 10.0 Å². The van der Waals surface area contributed by atoms with E-state index in [2.05, 4.69) is 9.71 Å². The monoisotopic (exact) mass is 332 g/mol. The first kappa shape index (κ1) is 16.1. The van der Waals surface area contributed by atoms with Crippen LogP contribution in [0.4, 0.5) is 0 Å². The quantitative estimate of drug-likeness (QED) is 0.879. The summed E-state index contributed by atoms with van der Waals surface area (Å²) in [6, 6.07) is 13.1. The van der Waals surface area contributed by atoms with Crippen molar-refractivity contribution in [3.8, 4) is 0 Å². The van der Waals surface area contributed by atoms with Crippen molar-refractivity contribution in [2.24, 2.45) is 0 Å². The van der Waals surface area contributed by atoms with Gasteiger partial charge in [0.1, 0.15) is 6.10 Å². The molecule has 1 aromatic heterocycles. The maximum atomic E-state index is 12.4. The first-order valence-corrected chi connectivity index (χ1v) is 9.35. The van der Waals surface area contributed by atoms with Gasteiger partial charge in [0.05, 0.1) is 11.8 Å². The molecule has 1 aliphatic heterocycles. The highest BCUT2D eigenvalue weighted by molar-refractivity contribution is 7.89. The van der Waals surface area contributed by atoms with E-state index in [1.165, 1.54) is 0 Å². The highest BCUT2D eigenvalue weighted by Crippen LogP contribution is 2.29. The van der Waals surface area contributed by atoms with E-state index in [1.807, 2.05) is 42.5 Å². The van der Waals surface area contributed by atoms with E-state index in [1.54, 1.807) is 12.4 Å². The van der Waals surface area contributed by atoms with Crippen LogP contribution in [0.3, 0.4) is 0 Å². The minimum atomic E-state index is -3.35. The molecule has 3 rings (SSSR count). The number of ether oxygens (including phenoxy) is 1. The number of aromatic nitrogens is 1. The number of benzene rings is 1. The second-order valence-electron chi connectivity index (χ2n) is 5.65. The Kier molecular flexibility index (Phi) is 5.05. The second-order valence-corrected chi connectivity index (χ2v) is 7.52. The van der Waals surface area contributed by atoms with Crippen molar-refractivity contribution < 1.29 is 13.2 Å². The van der Waals surface area contributed by atoms with Gasteiger partial charge in [-0.25, -0.2) is 13.1 Å². The first-order valence-electron chi connectivity index (χ1n) is 7.69. The van der Waals surface area contributed by atoms with Crippen LogP contribution in [-0.2, 0) is 21.2 Å². The maximum Gasteiger partial charge on any atom is 0.212 e. The van der Waals surface area contributed by atoms with Crippen LogP contribution in [0.25, 0.3) is 0 Å². The third kappa shape index (κ3) is 4.37. The number of sulfonamides is 1. The summed E-state index contributed by atoms with van der Waals surface area (Å²) in [4.78, 5) is 4.08. The smallest absolute Gasteiger partial charge is 0.212 e. The van der Waals surface area contributed by atoms with E-state index < -0.39 is 10.0 Å². The van der Waals surface area contributed by atoms with Crippen LogP contribution in [0.5, 0.6) is 0 Å². The van der Waals surface area contributed by atoms with E-state index in [4.69, 9.17) is 4.74 Å². The van der Waals surface area contributed by atoms with Crippen molar-refractivity contribution in [1.29, 1.82) is 0 Å². The number of pyridine rings is 1. The molecule has 2 atom stereocenters. The van der Waals surface area contributed by atoms with Crippen LogP contribution in [0.1, 0.15) is 23.7 Å². The molecule has 5 nitrogen and oxygen atoms in total. The minimum absolute atomic E-state index is 0.0767. The van der Waals surface area contributed by atoms with E-state index >= 15 is 0 Å². The lowest BCUT2D eigenvalue weighted by molar-refractivity contribution is 0.102. The summed E-state index contributed by atoms with van der Waals surface area (Å²) < 4.78 is 33.2. The summed E-state index contributed by atoms with van der Waals surface area (Å²) in [5, 5.41) is 0. The Balaban J connectivity index is 1.63. The first-order chi connectivity index (χ1) is 11.1. The Morgan fingerprint density at radius 3 is 2.74 bits per heavy atom. The Morgan fingerprint density at radius 1 is 1.17 bits per heavy atom. The van der Waals surface area contributed by atoms with Gasteiger partial charge < -0.3 is 4.74 Å². The van der Waals surface area contributed by atoms with Crippen LogP contribution in [-0.4, -0.2) is 31.8 Å². The molecule has 1 aliphatic rings. The third-order valence-corrected chi connectivity index (χ3v) is 5.34. The fraction of sp³-hybridized carbons (Fsp3) is 0.353. The fourth-order valence-corrected chi connectivity index (χ4v) is 4.09. The van der Waals surface area contributed by atoms with Crippen LogP contribution < -0.4 is 4.72 Å². The van der Waals surface area contributed by atoms with Crippen molar-refractivity contribution in [2.45, 2.75) is 25.0 Å². The van der Waals surface area contributed by atoms with Crippen molar-refractivity contribution in [2.75, 3.05) is 12.4 Å².